The van der Waals surface area contributed by atoms with Crippen LogP contribution in [0.5, 0.6) is 11.5 Å². The molecule has 0 amide bonds. The number of phenols is 2. The fourth-order valence-corrected chi connectivity index (χ4v) is 5.52. The smallest absolute Gasteiger partial charge is 0.231 e. The van der Waals surface area contributed by atoms with E-state index in [1.54, 1.807) is 13.0 Å². The minimum Gasteiger partial charge on any atom is -0.506 e. The number of benzene rings is 1. The summed E-state index contributed by atoms with van der Waals surface area (Å²) in [7, 11) is 0. The van der Waals surface area contributed by atoms with Gasteiger partial charge in [0.2, 0.25) is 5.78 Å². The van der Waals surface area contributed by atoms with Crippen molar-refractivity contribution >= 4 is 16.8 Å². The van der Waals surface area contributed by atoms with E-state index < -0.39 is 11.2 Å². The second-order valence-corrected chi connectivity index (χ2v) is 8.29. The molecule has 5 heteroatoms. The van der Waals surface area contributed by atoms with Crippen molar-refractivity contribution in [2.24, 2.45) is 11.3 Å². The zero-order valence-electron chi connectivity index (χ0n) is 14.4. The molecule has 0 saturated heterocycles. The lowest BCUT2D eigenvalue weighted by Gasteiger charge is -2.44. The first-order chi connectivity index (χ1) is 11.7. The summed E-state index contributed by atoms with van der Waals surface area (Å²) in [6.07, 6.45) is 2.62. The van der Waals surface area contributed by atoms with Gasteiger partial charge < -0.3 is 19.7 Å². The van der Waals surface area contributed by atoms with Crippen LogP contribution in [0.15, 0.2) is 21.8 Å². The third-order valence-corrected chi connectivity index (χ3v) is 6.81. The molecule has 1 aromatic heterocycles. The molecule has 130 valence electrons. The van der Waals surface area contributed by atoms with Crippen molar-refractivity contribution in [1.82, 2.24) is 0 Å². The second kappa shape index (κ2) is 4.03. The summed E-state index contributed by atoms with van der Waals surface area (Å²) in [4.78, 5) is 12.9. The van der Waals surface area contributed by atoms with Crippen LogP contribution >= 0.6 is 0 Å². The summed E-state index contributed by atoms with van der Waals surface area (Å²) in [5, 5.41) is 32.8. The highest BCUT2D eigenvalue weighted by molar-refractivity contribution is 6.16. The number of rotatable bonds is 0. The number of fused-ring (bicyclic) bond motifs is 6. The topological polar surface area (TPSA) is 90.9 Å². The van der Waals surface area contributed by atoms with Crippen molar-refractivity contribution < 1.29 is 24.5 Å². The van der Waals surface area contributed by atoms with Crippen LogP contribution in [0, 0.1) is 18.3 Å². The molecule has 5 rings (SSSR count). The van der Waals surface area contributed by atoms with Gasteiger partial charge in [-0.05, 0) is 49.2 Å². The highest BCUT2D eigenvalue weighted by Crippen LogP contribution is 2.71. The number of allylic oxidation sites excluding steroid dienone is 2. The van der Waals surface area contributed by atoms with Gasteiger partial charge in [-0.15, -0.1) is 0 Å². The van der Waals surface area contributed by atoms with Crippen LogP contribution in [0.3, 0.4) is 0 Å². The van der Waals surface area contributed by atoms with Crippen LogP contribution < -0.4 is 0 Å². The van der Waals surface area contributed by atoms with Crippen molar-refractivity contribution in [3.63, 3.8) is 0 Å². The predicted octanol–water partition coefficient (Wildman–Crippen LogP) is 4.24. The van der Waals surface area contributed by atoms with Crippen molar-refractivity contribution in [1.29, 1.82) is 0 Å². The molecule has 0 bridgehead atoms. The lowest BCUT2D eigenvalue weighted by molar-refractivity contribution is 0.0947. The van der Waals surface area contributed by atoms with E-state index in [0.29, 0.717) is 34.6 Å². The highest BCUT2D eigenvalue weighted by Gasteiger charge is 2.64. The van der Waals surface area contributed by atoms with Gasteiger partial charge in [-0.1, -0.05) is 13.8 Å². The molecule has 3 N–H and O–H groups in total. The normalized spacial score (nSPS) is 33.2. The minimum atomic E-state index is -0.689. The van der Waals surface area contributed by atoms with E-state index in [9.17, 15) is 20.1 Å². The number of aliphatic hydroxyl groups excluding tert-OH is 1. The Labute approximate surface area is 144 Å². The molecule has 5 nitrogen and oxygen atoms in total. The number of hydrogen-bond acceptors (Lipinski definition) is 5. The molecule has 2 fully saturated rings. The van der Waals surface area contributed by atoms with Crippen LogP contribution in [0.2, 0.25) is 0 Å². The molecule has 0 aliphatic heterocycles. The number of carbonyl (C=O) groups is 1. The number of phenolic OH excluding ortho intramolecular Hbond substituents is 2. The third kappa shape index (κ3) is 1.49. The van der Waals surface area contributed by atoms with Crippen LogP contribution in [0.25, 0.3) is 11.0 Å². The SMILES string of the molecule is Cc1cc2c(O)c3c(c(O)c2o1)C1(C)CCC2CC2(C)C1=C(O)C3=O. The Bertz CT molecular complexity index is 1030. The molecular formula is C20H20O5. The summed E-state index contributed by atoms with van der Waals surface area (Å²) in [6.45, 7) is 5.74. The van der Waals surface area contributed by atoms with E-state index in [-0.39, 0.29) is 33.8 Å². The molecule has 3 atom stereocenters. The Morgan fingerprint density at radius 3 is 2.64 bits per heavy atom. The number of hydrogen-bond donors (Lipinski definition) is 3. The van der Waals surface area contributed by atoms with Crippen LogP contribution in [0.1, 0.15) is 54.8 Å². The quantitative estimate of drug-likeness (QED) is 0.624. The molecule has 2 aromatic rings. The standard InChI is InChI=1S/C20H20O5/c1-8-6-10-13(21)11-12(15(23)17(10)25-8)19(2)5-4-9-7-20(9,3)18(19)16(24)14(11)22/h6,9,21,23-24H,4-5,7H2,1-3H3. The minimum absolute atomic E-state index is 0.0113. The van der Waals surface area contributed by atoms with Gasteiger partial charge in [0.15, 0.2) is 17.1 Å². The first-order valence-corrected chi connectivity index (χ1v) is 8.67. The maximum Gasteiger partial charge on any atom is 0.231 e. The predicted molar refractivity (Wildman–Crippen MR) is 91.1 cm³/mol. The highest BCUT2D eigenvalue weighted by atomic mass is 16.4. The first-order valence-electron chi connectivity index (χ1n) is 8.67. The number of aryl methyl sites for hydroxylation is 1. The summed E-state index contributed by atoms with van der Waals surface area (Å²) >= 11 is 0. The number of aromatic hydroxyl groups is 2. The Balaban J connectivity index is 1.93. The summed E-state index contributed by atoms with van der Waals surface area (Å²) < 4.78 is 5.59. The molecule has 1 heterocycles. The van der Waals surface area contributed by atoms with E-state index in [0.717, 1.165) is 12.8 Å². The lowest BCUT2D eigenvalue weighted by Crippen LogP contribution is -2.40. The molecule has 3 aliphatic carbocycles. The van der Waals surface area contributed by atoms with E-state index in [1.807, 2.05) is 6.92 Å². The third-order valence-electron chi connectivity index (χ3n) is 6.81. The Kier molecular flexibility index (Phi) is 2.40. The van der Waals surface area contributed by atoms with Gasteiger partial charge in [0.1, 0.15) is 11.5 Å². The molecule has 25 heavy (non-hydrogen) atoms. The average Bonchev–Trinajstić information content (AvgIpc) is 3.05. The lowest BCUT2D eigenvalue weighted by atomic mass is 9.58. The number of furan rings is 1. The number of ketones is 1. The largest absolute Gasteiger partial charge is 0.506 e. The average molecular weight is 340 g/mol. The van der Waals surface area contributed by atoms with Gasteiger partial charge in [-0.25, -0.2) is 0 Å². The molecule has 3 unspecified atom stereocenters. The van der Waals surface area contributed by atoms with Gasteiger partial charge in [-0.3, -0.25) is 4.79 Å². The fourth-order valence-electron chi connectivity index (χ4n) is 5.52. The van der Waals surface area contributed by atoms with Crippen molar-refractivity contribution in [2.45, 2.75) is 45.4 Å². The Morgan fingerprint density at radius 2 is 1.92 bits per heavy atom. The fraction of sp³-hybridized carbons (Fsp3) is 0.450. The first kappa shape index (κ1) is 14.9. The van der Waals surface area contributed by atoms with Crippen LogP contribution in [0.4, 0.5) is 0 Å². The molecule has 0 radical (unpaired) electrons. The Hall–Kier alpha value is -2.43. The van der Waals surface area contributed by atoms with E-state index >= 15 is 0 Å². The van der Waals surface area contributed by atoms with Gasteiger partial charge in [0.05, 0.1) is 10.9 Å². The maximum absolute atomic E-state index is 12.9. The molecule has 1 aromatic carbocycles. The molecular weight excluding hydrogens is 320 g/mol. The van der Waals surface area contributed by atoms with E-state index in [1.165, 1.54) is 0 Å². The van der Waals surface area contributed by atoms with Gasteiger partial charge in [-0.2, -0.15) is 0 Å². The molecule has 0 spiro atoms. The second-order valence-electron chi connectivity index (χ2n) is 8.29. The monoisotopic (exact) mass is 340 g/mol. The molecule has 3 aliphatic rings. The van der Waals surface area contributed by atoms with Crippen molar-refractivity contribution in [3.8, 4) is 11.5 Å². The van der Waals surface area contributed by atoms with Crippen molar-refractivity contribution in [3.05, 3.63) is 34.3 Å². The Morgan fingerprint density at radius 1 is 1.20 bits per heavy atom. The molecule has 2 saturated carbocycles. The van der Waals surface area contributed by atoms with Gasteiger partial charge in [0, 0.05) is 11.0 Å². The number of aliphatic hydroxyl groups is 1. The van der Waals surface area contributed by atoms with Crippen LogP contribution in [-0.2, 0) is 5.41 Å². The maximum atomic E-state index is 12.9. The summed E-state index contributed by atoms with van der Waals surface area (Å²) in [5.41, 5.74) is 0.428. The van der Waals surface area contributed by atoms with E-state index in [2.05, 4.69) is 6.92 Å². The zero-order chi connectivity index (χ0) is 17.9. The summed E-state index contributed by atoms with van der Waals surface area (Å²) in [5.74, 6) is -0.175. The van der Waals surface area contributed by atoms with Crippen molar-refractivity contribution in [2.75, 3.05) is 0 Å². The van der Waals surface area contributed by atoms with E-state index in [4.69, 9.17) is 4.42 Å². The van der Waals surface area contributed by atoms with Gasteiger partial charge in [0.25, 0.3) is 0 Å². The number of Topliss-reactive ketones (excluding diaryl/α,β-unsaturated/α-hetero) is 1. The zero-order valence-corrected chi connectivity index (χ0v) is 14.4. The summed E-state index contributed by atoms with van der Waals surface area (Å²) in [6, 6.07) is 1.59. The number of carbonyl (C=O) groups excluding carboxylic acids is 1. The van der Waals surface area contributed by atoms with Gasteiger partial charge >= 0.3 is 0 Å². The van der Waals surface area contributed by atoms with Crippen LogP contribution in [-0.4, -0.2) is 21.1 Å².